The summed E-state index contributed by atoms with van der Waals surface area (Å²) in [5.74, 6) is 0.00880. The highest BCUT2D eigenvalue weighted by atomic mass is 35.5. The minimum absolute atomic E-state index is 0.00880. The number of amides is 1. The van der Waals surface area contributed by atoms with Gasteiger partial charge in [-0.3, -0.25) is 9.69 Å². The van der Waals surface area contributed by atoms with Gasteiger partial charge in [0.05, 0.1) is 5.69 Å². The molecule has 2 rings (SSSR count). The summed E-state index contributed by atoms with van der Waals surface area (Å²) in [6.07, 6.45) is 0. The molecule has 0 bridgehead atoms. The molecule has 0 aliphatic rings. The molecular weight excluding hydrogens is 268 g/mol. The van der Waals surface area contributed by atoms with Gasteiger partial charge in [0.2, 0.25) is 5.91 Å². The van der Waals surface area contributed by atoms with E-state index in [9.17, 15) is 4.79 Å². The number of benzene rings is 1. The predicted octanol–water partition coefficient (Wildman–Crippen LogP) is 3.84. The van der Waals surface area contributed by atoms with Gasteiger partial charge in [-0.15, -0.1) is 11.3 Å². The van der Waals surface area contributed by atoms with E-state index in [4.69, 9.17) is 11.6 Å². The first-order chi connectivity index (χ1) is 8.61. The molecule has 3 nitrogen and oxygen atoms in total. The fraction of sp³-hybridized carbons (Fsp3) is 0.231. The van der Waals surface area contributed by atoms with E-state index in [1.807, 2.05) is 36.6 Å². The fourth-order valence-electron chi connectivity index (χ4n) is 1.63. The molecule has 1 aromatic heterocycles. The average molecular weight is 281 g/mol. The number of nitrogens with zero attached hydrogens (tertiary/aromatic N) is 2. The van der Waals surface area contributed by atoms with Crippen LogP contribution in [0.15, 0.2) is 29.6 Å². The van der Waals surface area contributed by atoms with Crippen molar-refractivity contribution in [2.24, 2.45) is 0 Å². The number of aromatic nitrogens is 1. The van der Waals surface area contributed by atoms with Crippen molar-refractivity contribution in [3.8, 4) is 11.3 Å². The minimum atomic E-state index is 0.00880. The van der Waals surface area contributed by atoms with Crippen molar-refractivity contribution in [1.29, 1.82) is 0 Å². The van der Waals surface area contributed by atoms with Gasteiger partial charge in [0.1, 0.15) is 0 Å². The Labute approximate surface area is 115 Å². The summed E-state index contributed by atoms with van der Waals surface area (Å²) in [6, 6.07) is 7.51. The van der Waals surface area contributed by atoms with Gasteiger partial charge in [0.15, 0.2) is 5.13 Å². The van der Waals surface area contributed by atoms with E-state index in [0.29, 0.717) is 11.6 Å². The summed E-state index contributed by atoms with van der Waals surface area (Å²) in [5, 5.41) is 3.38. The van der Waals surface area contributed by atoms with Gasteiger partial charge in [-0.25, -0.2) is 4.98 Å². The van der Waals surface area contributed by atoms with Gasteiger partial charge in [0, 0.05) is 29.4 Å². The van der Waals surface area contributed by atoms with Gasteiger partial charge < -0.3 is 0 Å². The van der Waals surface area contributed by atoms with Gasteiger partial charge >= 0.3 is 0 Å². The van der Waals surface area contributed by atoms with Crippen LogP contribution in [0.2, 0.25) is 5.02 Å². The van der Waals surface area contributed by atoms with Gasteiger partial charge in [-0.2, -0.15) is 0 Å². The van der Waals surface area contributed by atoms with Gasteiger partial charge in [-0.1, -0.05) is 23.7 Å². The highest BCUT2D eigenvalue weighted by Crippen LogP contribution is 2.28. The lowest BCUT2D eigenvalue weighted by atomic mass is 10.2. The second kappa shape index (κ2) is 5.50. The second-order valence-electron chi connectivity index (χ2n) is 3.79. The number of carbonyl (C=O) groups excluding carboxylic acids is 1. The molecule has 0 radical (unpaired) electrons. The van der Waals surface area contributed by atoms with Crippen LogP contribution in [0.25, 0.3) is 11.3 Å². The lowest BCUT2D eigenvalue weighted by Gasteiger charge is -2.14. The highest BCUT2D eigenvalue weighted by molar-refractivity contribution is 7.14. The van der Waals surface area contributed by atoms with Crippen molar-refractivity contribution < 1.29 is 4.79 Å². The van der Waals surface area contributed by atoms with Crippen molar-refractivity contribution in [1.82, 2.24) is 4.98 Å². The zero-order valence-corrected chi connectivity index (χ0v) is 11.8. The smallest absolute Gasteiger partial charge is 0.225 e. The number of carbonyl (C=O) groups is 1. The van der Waals surface area contributed by atoms with Crippen LogP contribution in [-0.4, -0.2) is 17.4 Å². The van der Waals surface area contributed by atoms with Crippen LogP contribution in [0.3, 0.4) is 0 Å². The third kappa shape index (κ3) is 2.71. The quantitative estimate of drug-likeness (QED) is 0.856. The Bertz CT molecular complexity index is 550. The first-order valence-electron chi connectivity index (χ1n) is 5.61. The molecule has 0 fully saturated rings. The second-order valence-corrected chi connectivity index (χ2v) is 5.06. The Hall–Kier alpha value is -1.39. The van der Waals surface area contributed by atoms with Crippen molar-refractivity contribution in [2.45, 2.75) is 13.8 Å². The molecule has 5 heteroatoms. The Morgan fingerprint density at radius 3 is 2.61 bits per heavy atom. The molecule has 1 amide bonds. The molecule has 94 valence electrons. The van der Waals surface area contributed by atoms with E-state index in [1.54, 1.807) is 11.8 Å². The lowest BCUT2D eigenvalue weighted by Crippen LogP contribution is -2.27. The Morgan fingerprint density at radius 2 is 2.06 bits per heavy atom. The molecule has 0 saturated carbocycles. The fourth-order valence-corrected chi connectivity index (χ4v) is 2.70. The number of hydrogen-bond donors (Lipinski definition) is 0. The topological polar surface area (TPSA) is 33.2 Å². The van der Waals surface area contributed by atoms with Crippen LogP contribution in [0.1, 0.15) is 13.8 Å². The SMILES string of the molecule is CCN(C(C)=O)c1nc(-c2ccc(Cl)cc2)cs1. The van der Waals surface area contributed by atoms with E-state index in [1.165, 1.54) is 11.3 Å². The summed E-state index contributed by atoms with van der Waals surface area (Å²) >= 11 is 7.32. The molecule has 0 spiro atoms. The Morgan fingerprint density at radius 1 is 1.39 bits per heavy atom. The third-order valence-corrected chi connectivity index (χ3v) is 3.67. The van der Waals surface area contributed by atoms with E-state index in [-0.39, 0.29) is 5.91 Å². The zero-order valence-electron chi connectivity index (χ0n) is 10.2. The van der Waals surface area contributed by atoms with E-state index in [2.05, 4.69) is 4.98 Å². The molecule has 1 heterocycles. The molecule has 2 aromatic rings. The maximum Gasteiger partial charge on any atom is 0.225 e. The minimum Gasteiger partial charge on any atom is -0.289 e. The molecule has 0 saturated heterocycles. The summed E-state index contributed by atoms with van der Waals surface area (Å²) in [7, 11) is 0. The van der Waals surface area contributed by atoms with Crippen LogP contribution in [-0.2, 0) is 4.79 Å². The predicted molar refractivity (Wildman–Crippen MR) is 76.3 cm³/mol. The standard InChI is InChI=1S/C13H13ClN2OS/c1-3-16(9(2)17)13-15-12(8-18-13)10-4-6-11(14)7-5-10/h4-8H,3H2,1-2H3. The summed E-state index contributed by atoms with van der Waals surface area (Å²) < 4.78 is 0. The van der Waals surface area contributed by atoms with Crippen LogP contribution in [0, 0.1) is 0 Å². The van der Waals surface area contributed by atoms with Crippen molar-refractivity contribution in [3.05, 3.63) is 34.7 Å². The molecule has 0 aliphatic heterocycles. The number of hydrogen-bond acceptors (Lipinski definition) is 3. The van der Waals surface area contributed by atoms with Crippen molar-refractivity contribution >= 4 is 34.0 Å². The Kier molecular flexibility index (Phi) is 3.99. The number of anilines is 1. The molecule has 18 heavy (non-hydrogen) atoms. The van der Waals surface area contributed by atoms with Gasteiger partial charge in [-0.05, 0) is 19.1 Å². The first-order valence-corrected chi connectivity index (χ1v) is 6.87. The molecule has 0 unspecified atom stereocenters. The van der Waals surface area contributed by atoms with Crippen molar-refractivity contribution in [3.63, 3.8) is 0 Å². The highest BCUT2D eigenvalue weighted by Gasteiger charge is 2.13. The summed E-state index contributed by atoms with van der Waals surface area (Å²) in [5.41, 5.74) is 1.87. The number of thiazole rings is 1. The third-order valence-electron chi connectivity index (χ3n) is 2.56. The first kappa shape index (κ1) is 13.1. The summed E-state index contributed by atoms with van der Waals surface area (Å²) in [6.45, 7) is 4.11. The molecule has 0 aliphatic carbocycles. The largest absolute Gasteiger partial charge is 0.289 e. The van der Waals surface area contributed by atoms with E-state index < -0.39 is 0 Å². The van der Waals surface area contributed by atoms with Crippen LogP contribution in [0.5, 0.6) is 0 Å². The molecule has 0 N–H and O–H groups in total. The maximum absolute atomic E-state index is 11.4. The van der Waals surface area contributed by atoms with Gasteiger partial charge in [0.25, 0.3) is 0 Å². The van der Waals surface area contributed by atoms with Crippen molar-refractivity contribution in [2.75, 3.05) is 11.4 Å². The molecule has 1 aromatic carbocycles. The van der Waals surface area contributed by atoms with Crippen LogP contribution < -0.4 is 4.90 Å². The normalized spacial score (nSPS) is 10.4. The molecule has 0 atom stereocenters. The van der Waals surface area contributed by atoms with E-state index in [0.717, 1.165) is 16.4 Å². The maximum atomic E-state index is 11.4. The monoisotopic (exact) mass is 280 g/mol. The zero-order chi connectivity index (χ0) is 13.1. The molecular formula is C13H13ClN2OS. The number of halogens is 1. The van der Waals surface area contributed by atoms with Crippen LogP contribution in [0.4, 0.5) is 5.13 Å². The average Bonchev–Trinajstić information content (AvgIpc) is 2.80. The lowest BCUT2D eigenvalue weighted by molar-refractivity contribution is -0.116. The Balaban J connectivity index is 2.30. The van der Waals surface area contributed by atoms with E-state index >= 15 is 0 Å². The van der Waals surface area contributed by atoms with Crippen LogP contribution >= 0.6 is 22.9 Å². The number of rotatable bonds is 3. The summed E-state index contributed by atoms with van der Waals surface area (Å²) in [4.78, 5) is 17.6.